The molecule has 2 aliphatic rings. The van der Waals surface area contributed by atoms with Gasteiger partial charge < -0.3 is 5.73 Å². The van der Waals surface area contributed by atoms with Gasteiger partial charge in [-0.2, -0.15) is 0 Å². The Kier molecular flexibility index (Phi) is 3.46. The number of rotatable bonds is 1. The van der Waals surface area contributed by atoms with Gasteiger partial charge >= 0.3 is 0 Å². The lowest BCUT2D eigenvalue weighted by molar-refractivity contribution is 0.376. The number of aryl methyl sites for hydroxylation is 2. The smallest absolute Gasteiger partial charge is 0.113 e. The first-order valence-corrected chi connectivity index (χ1v) is 8.27. The van der Waals surface area contributed by atoms with E-state index in [1.165, 1.54) is 60.5 Å². The molecule has 2 N–H and O–H groups in total. The summed E-state index contributed by atoms with van der Waals surface area (Å²) in [6, 6.07) is 0. The number of nitrogens with two attached hydrogens (primary N) is 1. The summed E-state index contributed by atoms with van der Waals surface area (Å²) in [5.74, 6) is 0.838. The number of nitrogens with zero attached hydrogens (tertiary/aromatic N) is 1. The van der Waals surface area contributed by atoms with E-state index in [4.69, 9.17) is 10.7 Å². The molecule has 18 heavy (non-hydrogen) atoms. The Morgan fingerprint density at radius 3 is 2.83 bits per heavy atom. The summed E-state index contributed by atoms with van der Waals surface area (Å²) < 4.78 is 0. The highest BCUT2D eigenvalue weighted by molar-refractivity contribution is 7.11. The first-order valence-electron chi connectivity index (χ1n) is 7.45. The molecule has 1 aromatic heterocycles. The third-order valence-corrected chi connectivity index (χ3v) is 6.05. The molecular weight excluding hydrogens is 240 g/mol. The molecular formula is C15H24N2S. The molecule has 0 radical (unpaired) electrons. The molecule has 2 aliphatic carbocycles. The molecule has 0 spiro atoms. The molecule has 1 aromatic rings. The minimum absolute atomic E-state index is 0.118. The van der Waals surface area contributed by atoms with Crippen molar-refractivity contribution in [3.05, 3.63) is 15.6 Å². The molecule has 0 bridgehead atoms. The fourth-order valence-electron chi connectivity index (χ4n) is 3.32. The summed E-state index contributed by atoms with van der Waals surface area (Å²) in [5, 5.41) is 1.24. The molecule has 0 saturated heterocycles. The standard InChI is InChI=1S/C15H24N2S/c1-11-5-4-9-15(16,10-8-11)14-17-12-6-2-3-7-13(12)18-14/h11H,2-10,16H2,1H3. The van der Waals surface area contributed by atoms with Crippen LogP contribution < -0.4 is 5.73 Å². The van der Waals surface area contributed by atoms with Crippen molar-refractivity contribution < 1.29 is 0 Å². The van der Waals surface area contributed by atoms with Crippen molar-refractivity contribution in [1.82, 2.24) is 4.98 Å². The van der Waals surface area contributed by atoms with Crippen LogP contribution in [-0.4, -0.2) is 4.98 Å². The molecule has 0 aliphatic heterocycles. The summed E-state index contributed by atoms with van der Waals surface area (Å²) in [7, 11) is 0. The highest BCUT2D eigenvalue weighted by Crippen LogP contribution is 2.39. The van der Waals surface area contributed by atoms with Gasteiger partial charge in [0, 0.05) is 4.88 Å². The number of fused-ring (bicyclic) bond motifs is 1. The van der Waals surface area contributed by atoms with Gasteiger partial charge in [-0.15, -0.1) is 11.3 Å². The highest BCUT2D eigenvalue weighted by Gasteiger charge is 2.34. The summed E-state index contributed by atoms with van der Waals surface area (Å²) in [5.41, 5.74) is 7.95. The zero-order valence-electron chi connectivity index (χ0n) is 11.4. The number of hydrogen-bond donors (Lipinski definition) is 1. The van der Waals surface area contributed by atoms with Gasteiger partial charge in [0.05, 0.1) is 11.2 Å². The third-order valence-electron chi connectivity index (χ3n) is 4.67. The van der Waals surface area contributed by atoms with E-state index >= 15 is 0 Å². The van der Waals surface area contributed by atoms with Crippen molar-refractivity contribution in [3.63, 3.8) is 0 Å². The summed E-state index contributed by atoms with van der Waals surface area (Å²) in [4.78, 5) is 6.43. The van der Waals surface area contributed by atoms with E-state index < -0.39 is 0 Å². The summed E-state index contributed by atoms with van der Waals surface area (Å²) >= 11 is 1.92. The Morgan fingerprint density at radius 1 is 1.17 bits per heavy atom. The van der Waals surface area contributed by atoms with Gasteiger partial charge in [0.15, 0.2) is 0 Å². The lowest BCUT2D eigenvalue weighted by atomic mass is 9.91. The maximum absolute atomic E-state index is 6.70. The minimum Gasteiger partial charge on any atom is -0.319 e. The molecule has 3 rings (SSSR count). The van der Waals surface area contributed by atoms with Crippen LogP contribution in [0.3, 0.4) is 0 Å². The molecule has 0 amide bonds. The average Bonchev–Trinajstić information content (AvgIpc) is 2.73. The molecule has 1 fully saturated rings. The van der Waals surface area contributed by atoms with E-state index in [1.807, 2.05) is 11.3 Å². The Bertz CT molecular complexity index is 403. The van der Waals surface area contributed by atoms with Gasteiger partial charge in [-0.1, -0.05) is 19.8 Å². The molecule has 2 unspecified atom stereocenters. The second-order valence-electron chi connectivity index (χ2n) is 6.29. The molecule has 1 saturated carbocycles. The molecule has 2 nitrogen and oxygen atoms in total. The van der Waals surface area contributed by atoms with E-state index in [9.17, 15) is 0 Å². The third kappa shape index (κ3) is 2.35. The molecule has 1 heterocycles. The zero-order chi connectivity index (χ0) is 12.6. The molecule has 0 aromatic carbocycles. The predicted molar refractivity (Wildman–Crippen MR) is 76.9 cm³/mol. The SMILES string of the molecule is CC1CCCC(N)(c2nc3c(s2)CCCC3)CC1. The van der Waals surface area contributed by atoms with Crippen LogP contribution in [0, 0.1) is 5.92 Å². The fourth-order valence-corrected chi connectivity index (χ4v) is 4.63. The van der Waals surface area contributed by atoms with E-state index in [2.05, 4.69) is 6.92 Å². The maximum Gasteiger partial charge on any atom is 0.113 e. The Morgan fingerprint density at radius 2 is 2.00 bits per heavy atom. The van der Waals surface area contributed by atoms with E-state index in [1.54, 1.807) is 0 Å². The second kappa shape index (κ2) is 4.93. The zero-order valence-corrected chi connectivity index (χ0v) is 12.2. The molecule has 3 heteroatoms. The lowest BCUT2D eigenvalue weighted by Crippen LogP contribution is -2.36. The molecule has 100 valence electrons. The van der Waals surface area contributed by atoms with Gasteiger partial charge in [-0.05, 0) is 50.9 Å². The van der Waals surface area contributed by atoms with Gasteiger partial charge in [0.2, 0.25) is 0 Å². The van der Waals surface area contributed by atoms with E-state index in [0.29, 0.717) is 0 Å². The Balaban J connectivity index is 1.86. The topological polar surface area (TPSA) is 38.9 Å². The van der Waals surface area contributed by atoms with Gasteiger partial charge in [0.1, 0.15) is 5.01 Å². The van der Waals surface area contributed by atoms with E-state index in [0.717, 1.165) is 18.8 Å². The highest BCUT2D eigenvalue weighted by atomic mass is 32.1. The maximum atomic E-state index is 6.70. The lowest BCUT2D eigenvalue weighted by Gasteiger charge is -2.25. The van der Waals surface area contributed by atoms with Crippen molar-refractivity contribution in [3.8, 4) is 0 Å². The first kappa shape index (κ1) is 12.6. The first-order chi connectivity index (χ1) is 8.67. The summed E-state index contributed by atoms with van der Waals surface area (Å²) in [6.45, 7) is 2.36. The van der Waals surface area contributed by atoms with Crippen molar-refractivity contribution in [1.29, 1.82) is 0 Å². The monoisotopic (exact) mass is 264 g/mol. The Hall–Kier alpha value is -0.410. The average molecular weight is 264 g/mol. The van der Waals surface area contributed by atoms with Crippen molar-refractivity contribution in [2.45, 2.75) is 70.3 Å². The van der Waals surface area contributed by atoms with Crippen LogP contribution in [0.15, 0.2) is 0 Å². The van der Waals surface area contributed by atoms with Gasteiger partial charge in [-0.25, -0.2) is 4.98 Å². The Labute approximate surface area is 114 Å². The fraction of sp³-hybridized carbons (Fsp3) is 0.800. The van der Waals surface area contributed by atoms with Gasteiger partial charge in [0.25, 0.3) is 0 Å². The van der Waals surface area contributed by atoms with Crippen LogP contribution in [0.1, 0.15) is 67.4 Å². The number of hydrogen-bond acceptors (Lipinski definition) is 3. The predicted octanol–water partition coefficient (Wildman–Crippen LogP) is 3.78. The van der Waals surface area contributed by atoms with Crippen LogP contribution in [0.4, 0.5) is 0 Å². The number of thiazole rings is 1. The molecule has 2 atom stereocenters. The van der Waals surface area contributed by atoms with Gasteiger partial charge in [-0.3, -0.25) is 0 Å². The minimum atomic E-state index is -0.118. The second-order valence-corrected chi connectivity index (χ2v) is 7.37. The van der Waals surface area contributed by atoms with Crippen molar-refractivity contribution in [2.24, 2.45) is 11.7 Å². The van der Waals surface area contributed by atoms with Crippen LogP contribution in [0.2, 0.25) is 0 Å². The number of aromatic nitrogens is 1. The van der Waals surface area contributed by atoms with Crippen LogP contribution in [-0.2, 0) is 18.4 Å². The normalized spacial score (nSPS) is 32.9. The van der Waals surface area contributed by atoms with Crippen molar-refractivity contribution in [2.75, 3.05) is 0 Å². The van der Waals surface area contributed by atoms with Crippen LogP contribution in [0.25, 0.3) is 0 Å². The quantitative estimate of drug-likeness (QED) is 0.784. The van der Waals surface area contributed by atoms with Crippen LogP contribution in [0.5, 0.6) is 0 Å². The van der Waals surface area contributed by atoms with Crippen molar-refractivity contribution >= 4 is 11.3 Å². The van der Waals surface area contributed by atoms with E-state index in [-0.39, 0.29) is 5.54 Å². The summed E-state index contributed by atoms with van der Waals surface area (Å²) in [6.07, 6.45) is 11.2. The largest absolute Gasteiger partial charge is 0.319 e. The van der Waals surface area contributed by atoms with Crippen LogP contribution >= 0.6 is 11.3 Å².